The summed E-state index contributed by atoms with van der Waals surface area (Å²) in [6.07, 6.45) is 0. The number of rotatable bonds is 6. The van der Waals surface area contributed by atoms with E-state index in [9.17, 15) is 29.4 Å². The topological polar surface area (TPSA) is 119 Å². The number of fused-ring (bicyclic) bond motifs is 1. The monoisotopic (exact) mass is 452 g/mol. The van der Waals surface area contributed by atoms with Crippen LogP contribution in [0.25, 0.3) is 10.2 Å². The fraction of sp³-hybridized carbons (Fsp3) is 0.0476. The molecular weight excluding hydrogens is 439 g/mol. The molecule has 32 heavy (non-hydrogen) atoms. The van der Waals surface area contributed by atoms with E-state index in [2.05, 4.69) is 4.98 Å². The Bertz CT molecular complexity index is 1330. The number of thiazole rings is 1. The zero-order valence-electron chi connectivity index (χ0n) is 16.2. The second-order valence-corrected chi connectivity index (χ2v) is 7.72. The maximum atomic E-state index is 14.2. The summed E-state index contributed by atoms with van der Waals surface area (Å²) in [4.78, 5) is 39.8. The molecule has 0 saturated carbocycles. The number of carbonyl (C=O) groups is 1. The van der Waals surface area contributed by atoms with Gasteiger partial charge in [-0.1, -0.05) is 47.7 Å². The number of anilines is 1. The smallest absolute Gasteiger partial charge is 0.277 e. The number of nitro benzene ring substituents is 2. The van der Waals surface area contributed by atoms with Gasteiger partial charge in [0.25, 0.3) is 17.3 Å². The highest BCUT2D eigenvalue weighted by Crippen LogP contribution is 2.33. The second kappa shape index (κ2) is 8.47. The first-order valence-electron chi connectivity index (χ1n) is 9.18. The molecule has 0 aliphatic heterocycles. The van der Waals surface area contributed by atoms with Crippen molar-refractivity contribution in [1.29, 1.82) is 0 Å². The number of nitrogens with zero attached hydrogens (tertiary/aromatic N) is 4. The number of benzene rings is 3. The van der Waals surface area contributed by atoms with Crippen LogP contribution in [-0.4, -0.2) is 20.7 Å². The fourth-order valence-electron chi connectivity index (χ4n) is 3.10. The van der Waals surface area contributed by atoms with E-state index in [1.54, 1.807) is 36.4 Å². The number of nitro groups is 2. The number of hydrogen-bond donors (Lipinski definition) is 0. The van der Waals surface area contributed by atoms with Gasteiger partial charge in [0.15, 0.2) is 5.13 Å². The van der Waals surface area contributed by atoms with Crippen LogP contribution in [0.3, 0.4) is 0 Å². The lowest BCUT2D eigenvalue weighted by Gasteiger charge is -2.20. The highest BCUT2D eigenvalue weighted by atomic mass is 32.1. The largest absolute Gasteiger partial charge is 0.279 e. The average molecular weight is 452 g/mol. The number of carbonyl (C=O) groups excluding carboxylic acids is 1. The summed E-state index contributed by atoms with van der Waals surface area (Å²) in [5, 5.41) is 22.6. The van der Waals surface area contributed by atoms with Crippen LogP contribution in [0.1, 0.15) is 15.9 Å². The SMILES string of the molecule is O=C(c1cc([N+](=O)[O-])cc([N+](=O)[O-])c1)N(Cc1ccccc1)c1nc2c(F)cccc2s1. The summed E-state index contributed by atoms with van der Waals surface area (Å²) >= 11 is 1.07. The average Bonchev–Trinajstić information content (AvgIpc) is 3.23. The Morgan fingerprint density at radius 3 is 2.22 bits per heavy atom. The van der Waals surface area contributed by atoms with Crippen molar-refractivity contribution in [1.82, 2.24) is 4.98 Å². The number of aromatic nitrogens is 1. The molecule has 4 aromatic rings. The highest BCUT2D eigenvalue weighted by Gasteiger charge is 2.26. The van der Waals surface area contributed by atoms with Gasteiger partial charge in [-0.05, 0) is 17.7 Å². The Hall–Kier alpha value is -4.25. The molecule has 1 aromatic heterocycles. The Balaban J connectivity index is 1.84. The predicted octanol–water partition coefficient (Wildman–Crippen LogP) is 5.10. The summed E-state index contributed by atoms with van der Waals surface area (Å²) in [6.45, 7) is 0.0254. The number of amides is 1. The van der Waals surface area contributed by atoms with Gasteiger partial charge in [0.2, 0.25) is 0 Å². The molecule has 0 bridgehead atoms. The summed E-state index contributed by atoms with van der Waals surface area (Å²) in [7, 11) is 0. The molecule has 1 amide bonds. The first kappa shape index (κ1) is 21.0. The third-order valence-corrected chi connectivity index (χ3v) is 5.63. The second-order valence-electron chi connectivity index (χ2n) is 6.71. The Labute approximate surface area is 183 Å². The summed E-state index contributed by atoms with van der Waals surface area (Å²) in [5.41, 5.74) is -0.611. The summed E-state index contributed by atoms with van der Waals surface area (Å²) in [6, 6.07) is 16.0. The number of hydrogen-bond acceptors (Lipinski definition) is 7. The van der Waals surface area contributed by atoms with Crippen LogP contribution in [-0.2, 0) is 6.54 Å². The molecule has 0 radical (unpaired) electrons. The molecule has 0 aliphatic carbocycles. The lowest BCUT2D eigenvalue weighted by atomic mass is 10.1. The zero-order valence-corrected chi connectivity index (χ0v) is 17.0. The quantitative estimate of drug-likeness (QED) is 0.297. The van der Waals surface area contributed by atoms with Gasteiger partial charge in [0, 0.05) is 12.1 Å². The van der Waals surface area contributed by atoms with Gasteiger partial charge < -0.3 is 0 Å². The van der Waals surface area contributed by atoms with Gasteiger partial charge in [-0.15, -0.1) is 0 Å². The molecule has 4 rings (SSSR count). The van der Waals surface area contributed by atoms with Crippen LogP contribution in [0.5, 0.6) is 0 Å². The van der Waals surface area contributed by atoms with E-state index in [4.69, 9.17) is 0 Å². The van der Waals surface area contributed by atoms with Gasteiger partial charge in [-0.2, -0.15) is 0 Å². The molecule has 0 saturated heterocycles. The normalized spacial score (nSPS) is 10.8. The van der Waals surface area contributed by atoms with Crippen LogP contribution < -0.4 is 4.90 Å². The van der Waals surface area contributed by atoms with Gasteiger partial charge >= 0.3 is 0 Å². The molecule has 0 unspecified atom stereocenters. The van der Waals surface area contributed by atoms with Crippen molar-refractivity contribution in [2.45, 2.75) is 6.54 Å². The van der Waals surface area contributed by atoms with Crippen LogP contribution in [0, 0.1) is 26.0 Å². The maximum absolute atomic E-state index is 14.2. The van der Waals surface area contributed by atoms with E-state index < -0.39 is 32.9 Å². The van der Waals surface area contributed by atoms with E-state index in [1.807, 2.05) is 0 Å². The zero-order chi connectivity index (χ0) is 22.8. The minimum Gasteiger partial charge on any atom is -0.279 e. The maximum Gasteiger partial charge on any atom is 0.277 e. The molecule has 0 spiro atoms. The number of non-ortho nitro benzene ring substituents is 2. The lowest BCUT2D eigenvalue weighted by Crippen LogP contribution is -2.30. The van der Waals surface area contributed by atoms with Crippen molar-refractivity contribution in [2.24, 2.45) is 0 Å². The van der Waals surface area contributed by atoms with Gasteiger partial charge in [-0.25, -0.2) is 9.37 Å². The van der Waals surface area contributed by atoms with Crippen LogP contribution in [0.2, 0.25) is 0 Å². The summed E-state index contributed by atoms with van der Waals surface area (Å²) < 4.78 is 14.7. The highest BCUT2D eigenvalue weighted by molar-refractivity contribution is 7.22. The Morgan fingerprint density at radius 2 is 1.62 bits per heavy atom. The van der Waals surface area contributed by atoms with E-state index >= 15 is 0 Å². The van der Waals surface area contributed by atoms with Gasteiger partial charge in [-0.3, -0.25) is 29.9 Å². The van der Waals surface area contributed by atoms with E-state index in [1.165, 1.54) is 17.0 Å². The molecule has 160 valence electrons. The molecule has 0 aliphatic rings. The lowest BCUT2D eigenvalue weighted by molar-refractivity contribution is -0.394. The van der Waals surface area contributed by atoms with Crippen LogP contribution in [0.15, 0.2) is 66.7 Å². The van der Waals surface area contributed by atoms with Gasteiger partial charge in [0.1, 0.15) is 11.3 Å². The van der Waals surface area contributed by atoms with Crippen molar-refractivity contribution >= 4 is 44.0 Å². The first-order valence-corrected chi connectivity index (χ1v) is 10.00. The van der Waals surface area contributed by atoms with Crippen molar-refractivity contribution in [3.05, 3.63) is 104 Å². The molecule has 0 atom stereocenters. The molecular formula is C21H13FN4O5S. The van der Waals surface area contributed by atoms with Crippen LogP contribution in [0.4, 0.5) is 20.9 Å². The third kappa shape index (κ3) is 4.14. The van der Waals surface area contributed by atoms with Crippen molar-refractivity contribution in [3.63, 3.8) is 0 Å². The molecule has 9 nitrogen and oxygen atoms in total. The third-order valence-electron chi connectivity index (χ3n) is 4.59. The molecule has 0 N–H and O–H groups in total. The molecule has 1 heterocycles. The van der Waals surface area contributed by atoms with E-state index in [-0.39, 0.29) is 22.8 Å². The molecule has 11 heteroatoms. The van der Waals surface area contributed by atoms with E-state index in [0.29, 0.717) is 4.70 Å². The summed E-state index contributed by atoms with van der Waals surface area (Å²) in [5.74, 6) is -1.29. The van der Waals surface area contributed by atoms with Crippen molar-refractivity contribution in [2.75, 3.05) is 4.90 Å². The van der Waals surface area contributed by atoms with Crippen LogP contribution >= 0.6 is 11.3 Å². The minimum absolute atomic E-state index is 0.0254. The first-order chi connectivity index (χ1) is 15.3. The number of halogens is 1. The minimum atomic E-state index is -0.807. The van der Waals surface area contributed by atoms with E-state index in [0.717, 1.165) is 35.1 Å². The van der Waals surface area contributed by atoms with Crippen molar-refractivity contribution in [3.8, 4) is 0 Å². The number of para-hydroxylation sites is 1. The fourth-order valence-corrected chi connectivity index (χ4v) is 4.07. The Morgan fingerprint density at radius 1 is 0.969 bits per heavy atom. The van der Waals surface area contributed by atoms with Crippen molar-refractivity contribution < 1.29 is 19.0 Å². The molecule has 3 aromatic carbocycles. The van der Waals surface area contributed by atoms with Gasteiger partial charge in [0.05, 0.1) is 32.7 Å². The Kier molecular flexibility index (Phi) is 5.56. The predicted molar refractivity (Wildman–Crippen MR) is 116 cm³/mol. The standard InChI is InChI=1S/C21H13FN4O5S/c22-17-7-4-8-18-19(17)23-21(32-18)24(12-13-5-2-1-3-6-13)20(27)14-9-15(25(28)29)11-16(10-14)26(30)31/h1-11H,12H2. The molecule has 0 fully saturated rings.